The van der Waals surface area contributed by atoms with Gasteiger partial charge in [0.25, 0.3) is 0 Å². The minimum atomic E-state index is -0.605. The molecule has 0 saturated carbocycles. The second kappa shape index (κ2) is 7.70. The second-order valence-electron chi connectivity index (χ2n) is 7.58. The van der Waals surface area contributed by atoms with Gasteiger partial charge in [0.1, 0.15) is 17.7 Å². The van der Waals surface area contributed by atoms with Crippen LogP contribution in [0.1, 0.15) is 25.0 Å². The van der Waals surface area contributed by atoms with Crippen LogP contribution in [0.4, 0.5) is 11.4 Å². The van der Waals surface area contributed by atoms with E-state index in [1.54, 1.807) is 0 Å². The van der Waals surface area contributed by atoms with E-state index in [9.17, 15) is 10.5 Å². The van der Waals surface area contributed by atoms with Crippen molar-refractivity contribution in [1.82, 2.24) is 0 Å². The minimum absolute atomic E-state index is 0.128. The Morgan fingerprint density at radius 3 is 1.70 bits per heavy atom. The maximum atomic E-state index is 9.59. The number of para-hydroxylation sites is 2. The van der Waals surface area contributed by atoms with Crippen molar-refractivity contribution in [2.75, 3.05) is 5.01 Å². The van der Waals surface area contributed by atoms with Crippen molar-refractivity contribution >= 4 is 22.7 Å². The predicted molar refractivity (Wildman–Crippen MR) is 120 cm³/mol. The number of benzene rings is 3. The first-order valence-corrected chi connectivity index (χ1v) is 9.72. The normalized spacial score (nSPS) is 15.2. The van der Waals surface area contributed by atoms with E-state index in [1.165, 1.54) is 0 Å². The quantitative estimate of drug-likeness (QED) is 0.404. The molecule has 144 valence electrons. The fourth-order valence-corrected chi connectivity index (χ4v) is 3.97. The molecule has 0 radical (unpaired) electrons. The van der Waals surface area contributed by atoms with Crippen LogP contribution in [0, 0.1) is 28.1 Å². The zero-order valence-corrected chi connectivity index (χ0v) is 16.9. The summed E-state index contributed by atoms with van der Waals surface area (Å²) in [4.78, 5) is 0. The lowest BCUT2D eigenvalue weighted by Gasteiger charge is -2.26. The molecule has 0 saturated heterocycles. The van der Waals surface area contributed by atoms with Crippen LogP contribution in [-0.2, 0) is 0 Å². The minimum Gasteiger partial charge on any atom is -0.233 e. The summed E-state index contributed by atoms with van der Waals surface area (Å²) in [7, 11) is 0. The molecule has 0 aromatic heterocycles. The zero-order chi connectivity index (χ0) is 21.1. The summed E-state index contributed by atoms with van der Waals surface area (Å²) in [5, 5.41) is 26.2. The van der Waals surface area contributed by atoms with Gasteiger partial charge in [-0.15, -0.1) is 0 Å². The van der Waals surface area contributed by atoms with Crippen LogP contribution < -0.4 is 5.01 Å². The number of anilines is 2. The number of hydrogen-bond acceptors (Lipinski definition) is 4. The van der Waals surface area contributed by atoms with Gasteiger partial charge in [0.15, 0.2) is 0 Å². The molecule has 0 spiro atoms. The fraction of sp³-hybridized carbons (Fsp3) is 0.115. The highest BCUT2D eigenvalue weighted by molar-refractivity contribution is 6.20. The van der Waals surface area contributed by atoms with Gasteiger partial charge in [-0.05, 0) is 43.7 Å². The molecule has 4 nitrogen and oxygen atoms in total. The maximum Gasteiger partial charge on any atom is 0.134 e. The number of hydrogen-bond donors (Lipinski definition) is 0. The molecule has 0 N–H and O–H groups in total. The Morgan fingerprint density at radius 2 is 1.20 bits per heavy atom. The Kier molecular flexibility index (Phi) is 4.92. The molecule has 4 heteroatoms. The Labute approximate surface area is 176 Å². The Balaban J connectivity index is 1.99. The van der Waals surface area contributed by atoms with Crippen LogP contribution in [0.15, 0.2) is 95.6 Å². The molecule has 1 aliphatic rings. The van der Waals surface area contributed by atoms with E-state index < -0.39 is 5.41 Å². The van der Waals surface area contributed by atoms with Gasteiger partial charge in [0.05, 0.1) is 17.1 Å². The van der Waals surface area contributed by atoms with E-state index in [2.05, 4.69) is 12.1 Å². The monoisotopic (exact) mass is 388 g/mol. The summed E-state index contributed by atoms with van der Waals surface area (Å²) in [6.07, 6.45) is 0. The number of allylic oxidation sites excluding steroid dienone is 2. The van der Waals surface area contributed by atoms with Crippen molar-refractivity contribution in [1.29, 1.82) is 10.5 Å². The number of rotatable bonds is 3. The topological polar surface area (TPSA) is 63.2 Å². The van der Waals surface area contributed by atoms with E-state index in [4.69, 9.17) is 5.10 Å². The van der Waals surface area contributed by atoms with Crippen molar-refractivity contribution in [3.63, 3.8) is 0 Å². The standard InChI is InChI=1S/C26H20N4/c1-26(2)24(19(17-27)18-28)22-15-9-10-16-23(22)25(26)29-30(20-11-5-3-6-12-20)21-13-7-4-8-14-21/h3-16H,1-2H3/b29-25-. The summed E-state index contributed by atoms with van der Waals surface area (Å²) >= 11 is 0. The molecule has 0 fully saturated rings. The van der Waals surface area contributed by atoms with E-state index in [0.29, 0.717) is 0 Å². The third-order valence-electron chi connectivity index (χ3n) is 5.34. The molecular weight excluding hydrogens is 368 g/mol. The number of nitriles is 2. The summed E-state index contributed by atoms with van der Waals surface area (Å²) in [6, 6.07) is 31.9. The maximum absolute atomic E-state index is 9.59. The van der Waals surface area contributed by atoms with Gasteiger partial charge < -0.3 is 0 Å². The van der Waals surface area contributed by atoms with Crippen LogP contribution >= 0.6 is 0 Å². The average Bonchev–Trinajstić information content (AvgIpc) is 3.01. The summed E-state index contributed by atoms with van der Waals surface area (Å²) < 4.78 is 0. The van der Waals surface area contributed by atoms with Crippen molar-refractivity contribution in [3.05, 3.63) is 102 Å². The van der Waals surface area contributed by atoms with Crippen LogP contribution in [0.5, 0.6) is 0 Å². The van der Waals surface area contributed by atoms with Gasteiger partial charge in [0, 0.05) is 16.6 Å². The molecule has 3 aromatic carbocycles. The highest BCUT2D eigenvalue weighted by Crippen LogP contribution is 2.48. The van der Waals surface area contributed by atoms with E-state index >= 15 is 0 Å². The van der Waals surface area contributed by atoms with E-state index in [-0.39, 0.29) is 5.57 Å². The first kappa shape index (κ1) is 19.2. The molecule has 4 rings (SSSR count). The lowest BCUT2D eigenvalue weighted by molar-refractivity contribution is 0.708. The van der Waals surface area contributed by atoms with Crippen molar-refractivity contribution in [2.24, 2.45) is 10.5 Å². The zero-order valence-electron chi connectivity index (χ0n) is 16.9. The predicted octanol–water partition coefficient (Wildman–Crippen LogP) is 6.07. The SMILES string of the molecule is CC1(C)C(=C(C#N)C#N)c2ccccc2/C1=N/N(c1ccccc1)c1ccccc1. The molecule has 30 heavy (non-hydrogen) atoms. The first-order chi connectivity index (χ1) is 14.6. The van der Waals surface area contributed by atoms with Gasteiger partial charge in [-0.1, -0.05) is 60.7 Å². The largest absolute Gasteiger partial charge is 0.233 e. The molecule has 0 bridgehead atoms. The van der Waals surface area contributed by atoms with Gasteiger partial charge >= 0.3 is 0 Å². The number of fused-ring (bicyclic) bond motifs is 1. The van der Waals surface area contributed by atoms with Crippen LogP contribution in [0.25, 0.3) is 5.57 Å². The molecule has 0 heterocycles. The smallest absolute Gasteiger partial charge is 0.134 e. The van der Waals surface area contributed by atoms with Gasteiger partial charge in [-0.3, -0.25) is 0 Å². The summed E-state index contributed by atoms with van der Waals surface area (Å²) in [6.45, 7) is 4.04. The molecule has 0 unspecified atom stereocenters. The van der Waals surface area contributed by atoms with E-state index in [0.717, 1.165) is 33.8 Å². The Morgan fingerprint density at radius 1 is 0.733 bits per heavy atom. The van der Waals surface area contributed by atoms with Crippen molar-refractivity contribution < 1.29 is 0 Å². The average molecular weight is 388 g/mol. The van der Waals surface area contributed by atoms with Gasteiger partial charge in [0.2, 0.25) is 0 Å². The van der Waals surface area contributed by atoms with Gasteiger partial charge in [-0.25, -0.2) is 5.01 Å². The second-order valence-corrected chi connectivity index (χ2v) is 7.58. The van der Waals surface area contributed by atoms with E-state index in [1.807, 2.05) is 104 Å². The molecule has 1 aliphatic carbocycles. The molecule has 0 atom stereocenters. The number of nitrogens with zero attached hydrogens (tertiary/aromatic N) is 4. The van der Waals surface area contributed by atoms with Crippen LogP contribution in [0.3, 0.4) is 0 Å². The highest BCUT2D eigenvalue weighted by Gasteiger charge is 2.42. The number of hydrazone groups is 1. The molecule has 3 aromatic rings. The Hall–Kier alpha value is -4.15. The molecular formula is C26H20N4. The van der Waals surface area contributed by atoms with Crippen molar-refractivity contribution in [2.45, 2.75) is 13.8 Å². The summed E-state index contributed by atoms with van der Waals surface area (Å²) in [5.74, 6) is 0. The first-order valence-electron chi connectivity index (χ1n) is 9.72. The fourth-order valence-electron chi connectivity index (χ4n) is 3.97. The van der Waals surface area contributed by atoms with Crippen LogP contribution in [0.2, 0.25) is 0 Å². The summed E-state index contributed by atoms with van der Waals surface area (Å²) in [5.41, 5.74) is 4.77. The molecule has 0 aliphatic heterocycles. The Bertz CT molecular complexity index is 1170. The van der Waals surface area contributed by atoms with Crippen LogP contribution in [-0.4, -0.2) is 5.71 Å². The highest BCUT2D eigenvalue weighted by atomic mass is 15.5. The third-order valence-corrected chi connectivity index (χ3v) is 5.34. The lowest BCUT2D eigenvalue weighted by Crippen LogP contribution is -2.24. The van der Waals surface area contributed by atoms with Crippen molar-refractivity contribution in [3.8, 4) is 12.1 Å². The van der Waals surface area contributed by atoms with Gasteiger partial charge in [-0.2, -0.15) is 15.6 Å². The third kappa shape index (κ3) is 3.15. The lowest BCUT2D eigenvalue weighted by atomic mass is 9.81. The molecule has 0 amide bonds.